The molecule has 3 N–H and O–H groups in total. The van der Waals surface area contributed by atoms with Crippen LogP contribution in [-0.4, -0.2) is 38.1 Å². The van der Waals surface area contributed by atoms with Gasteiger partial charge in [-0.15, -0.1) is 5.10 Å². The topological polar surface area (TPSA) is 99.5 Å². The van der Waals surface area contributed by atoms with Gasteiger partial charge in [-0.25, -0.2) is 17.7 Å². The molecule has 1 fully saturated rings. The van der Waals surface area contributed by atoms with E-state index in [1.165, 1.54) is 10.7 Å². The van der Waals surface area contributed by atoms with Crippen LogP contribution in [0.4, 0.5) is 13.2 Å². The van der Waals surface area contributed by atoms with E-state index in [1.54, 1.807) is 0 Å². The molecular formula is C27H25F3N4O3. The third kappa shape index (κ3) is 4.64. The molecule has 5 rings (SSSR count). The lowest BCUT2D eigenvalue weighted by Crippen LogP contribution is -2.43. The molecule has 2 heterocycles. The van der Waals surface area contributed by atoms with Crippen molar-refractivity contribution >= 4 is 11.4 Å². The van der Waals surface area contributed by atoms with Crippen LogP contribution in [0.15, 0.2) is 53.5 Å². The fourth-order valence-corrected chi connectivity index (χ4v) is 4.48. The number of rotatable bonds is 7. The van der Waals surface area contributed by atoms with E-state index in [-0.39, 0.29) is 22.6 Å². The number of H-pyrrole nitrogens is 1. The van der Waals surface area contributed by atoms with Crippen molar-refractivity contribution in [2.75, 3.05) is 6.61 Å². The molecule has 1 amide bonds. The Balaban J connectivity index is 1.58. The van der Waals surface area contributed by atoms with Crippen molar-refractivity contribution in [2.24, 2.45) is 0 Å². The Morgan fingerprint density at radius 1 is 1.19 bits per heavy atom. The Bertz CT molecular complexity index is 1560. The molecule has 0 bridgehead atoms. The number of hydrogen-bond donors (Lipinski definition) is 3. The van der Waals surface area contributed by atoms with E-state index >= 15 is 0 Å². The van der Waals surface area contributed by atoms with E-state index in [1.807, 2.05) is 32.0 Å². The fraction of sp³-hybridized carbons (Fsp3) is 0.296. The SMILES string of the molecule is Cc1ccc(-c2nn3cc(C(=O)NC(c4ccc(F)cc4)C(F)(F)CO)c(C4CC4)c3c(=O)[nH]2)cc1C. The first kappa shape index (κ1) is 24.8. The van der Waals surface area contributed by atoms with Crippen molar-refractivity contribution in [2.45, 2.75) is 44.6 Å². The second-order valence-corrected chi connectivity index (χ2v) is 9.50. The zero-order valence-corrected chi connectivity index (χ0v) is 20.2. The minimum atomic E-state index is -3.72. The van der Waals surface area contributed by atoms with Crippen LogP contribution in [0, 0.1) is 19.7 Å². The van der Waals surface area contributed by atoms with Crippen molar-refractivity contribution in [3.05, 3.63) is 92.6 Å². The van der Waals surface area contributed by atoms with E-state index < -0.39 is 35.9 Å². The summed E-state index contributed by atoms with van der Waals surface area (Å²) >= 11 is 0. The smallest absolute Gasteiger partial charge is 0.294 e. The zero-order valence-electron chi connectivity index (χ0n) is 20.2. The van der Waals surface area contributed by atoms with Gasteiger partial charge in [-0.05, 0) is 67.5 Å². The standard InChI is InChI=1S/C27H25F3N4O3/c1-14-3-4-18(11-15(14)2)24-32-26(37)22-21(16-5-6-16)20(12-34(22)33-24)25(36)31-23(27(29,30)13-35)17-7-9-19(28)10-8-17/h3-4,7-12,16,23,35H,5-6,13H2,1-2H3,(H,31,36)(H,32,33,37). The predicted molar refractivity (Wildman–Crippen MR) is 131 cm³/mol. The van der Waals surface area contributed by atoms with Gasteiger partial charge in [-0.3, -0.25) is 9.59 Å². The van der Waals surface area contributed by atoms with Crippen LogP contribution < -0.4 is 10.9 Å². The molecule has 1 aliphatic rings. The second kappa shape index (κ2) is 9.19. The van der Waals surface area contributed by atoms with Crippen molar-refractivity contribution in [1.29, 1.82) is 0 Å². The summed E-state index contributed by atoms with van der Waals surface area (Å²) in [4.78, 5) is 29.3. The highest BCUT2D eigenvalue weighted by molar-refractivity contribution is 5.98. The lowest BCUT2D eigenvalue weighted by molar-refractivity contribution is -0.0785. The molecule has 0 radical (unpaired) electrons. The molecular weight excluding hydrogens is 485 g/mol. The summed E-state index contributed by atoms with van der Waals surface area (Å²) < 4.78 is 44.1. The van der Waals surface area contributed by atoms with Gasteiger partial charge in [-0.1, -0.05) is 24.3 Å². The highest BCUT2D eigenvalue weighted by Crippen LogP contribution is 2.44. The number of aliphatic hydroxyl groups excluding tert-OH is 1. The van der Waals surface area contributed by atoms with Gasteiger partial charge in [-0.2, -0.15) is 0 Å². The first-order valence-electron chi connectivity index (χ1n) is 11.9. The molecule has 10 heteroatoms. The van der Waals surface area contributed by atoms with Crippen molar-refractivity contribution in [1.82, 2.24) is 19.9 Å². The Labute approximate surface area is 210 Å². The zero-order chi connectivity index (χ0) is 26.5. The first-order valence-corrected chi connectivity index (χ1v) is 11.9. The lowest BCUT2D eigenvalue weighted by Gasteiger charge is -2.26. The Morgan fingerprint density at radius 3 is 2.51 bits per heavy atom. The number of benzene rings is 2. The number of carbonyl (C=O) groups is 1. The van der Waals surface area contributed by atoms with Gasteiger partial charge < -0.3 is 15.4 Å². The number of hydrogen-bond acceptors (Lipinski definition) is 4. The molecule has 37 heavy (non-hydrogen) atoms. The molecule has 1 unspecified atom stereocenters. The monoisotopic (exact) mass is 510 g/mol. The molecule has 4 aromatic rings. The summed E-state index contributed by atoms with van der Waals surface area (Å²) in [6.45, 7) is 2.39. The number of aliphatic hydroxyl groups is 1. The largest absolute Gasteiger partial charge is 0.390 e. The summed E-state index contributed by atoms with van der Waals surface area (Å²) in [6.07, 6.45) is 2.86. The number of aryl methyl sites for hydroxylation is 2. The third-order valence-electron chi connectivity index (χ3n) is 6.80. The number of nitrogens with zero attached hydrogens (tertiary/aromatic N) is 2. The summed E-state index contributed by atoms with van der Waals surface area (Å²) in [7, 11) is 0. The normalized spacial score (nSPS) is 14.6. The van der Waals surface area contributed by atoms with Gasteiger partial charge in [0, 0.05) is 17.3 Å². The van der Waals surface area contributed by atoms with Gasteiger partial charge in [0.2, 0.25) is 0 Å². The van der Waals surface area contributed by atoms with Crippen LogP contribution in [0.3, 0.4) is 0 Å². The van der Waals surface area contributed by atoms with Crippen LogP contribution in [0.25, 0.3) is 16.9 Å². The number of halogens is 3. The molecule has 2 aromatic heterocycles. The maximum absolute atomic E-state index is 14.7. The minimum absolute atomic E-state index is 0.0542. The number of nitrogens with one attached hydrogen (secondary N) is 2. The molecule has 2 aromatic carbocycles. The first-order chi connectivity index (χ1) is 17.6. The van der Waals surface area contributed by atoms with Gasteiger partial charge in [0.15, 0.2) is 5.82 Å². The van der Waals surface area contributed by atoms with Crippen molar-refractivity contribution in [3.63, 3.8) is 0 Å². The Hall–Kier alpha value is -3.92. The second-order valence-electron chi connectivity index (χ2n) is 9.50. The quantitative estimate of drug-likeness (QED) is 0.343. The third-order valence-corrected chi connectivity index (χ3v) is 6.80. The molecule has 7 nitrogen and oxygen atoms in total. The van der Waals surface area contributed by atoms with Gasteiger partial charge in [0.1, 0.15) is 24.0 Å². The van der Waals surface area contributed by atoms with Crippen LogP contribution in [0.1, 0.15) is 57.4 Å². The summed E-state index contributed by atoms with van der Waals surface area (Å²) in [6, 6.07) is 7.98. The molecule has 192 valence electrons. The summed E-state index contributed by atoms with van der Waals surface area (Å²) in [5.41, 5.74) is 2.96. The van der Waals surface area contributed by atoms with E-state index in [0.717, 1.165) is 48.2 Å². The Morgan fingerprint density at radius 2 is 1.89 bits per heavy atom. The van der Waals surface area contributed by atoms with Crippen LogP contribution in [0.2, 0.25) is 0 Å². The molecule has 1 saturated carbocycles. The predicted octanol–water partition coefficient (Wildman–Crippen LogP) is 4.42. The van der Waals surface area contributed by atoms with Crippen LogP contribution in [-0.2, 0) is 0 Å². The Kier molecular flexibility index (Phi) is 6.15. The van der Waals surface area contributed by atoms with Gasteiger partial charge in [0.25, 0.3) is 17.4 Å². The average molecular weight is 511 g/mol. The fourth-order valence-electron chi connectivity index (χ4n) is 4.48. The number of aromatic nitrogens is 3. The number of aromatic amines is 1. The van der Waals surface area contributed by atoms with Crippen molar-refractivity contribution < 1.29 is 23.1 Å². The number of carbonyl (C=O) groups excluding carboxylic acids is 1. The minimum Gasteiger partial charge on any atom is -0.390 e. The molecule has 0 saturated heterocycles. The summed E-state index contributed by atoms with van der Waals surface area (Å²) in [5, 5.41) is 16.1. The maximum atomic E-state index is 14.7. The number of amides is 1. The van der Waals surface area contributed by atoms with E-state index in [9.17, 15) is 27.9 Å². The lowest BCUT2D eigenvalue weighted by atomic mass is 9.99. The molecule has 1 atom stereocenters. The summed E-state index contributed by atoms with van der Waals surface area (Å²) in [5.74, 6) is -4.97. The van der Waals surface area contributed by atoms with Gasteiger partial charge >= 0.3 is 0 Å². The molecule has 1 aliphatic carbocycles. The highest BCUT2D eigenvalue weighted by Gasteiger charge is 2.42. The van der Waals surface area contributed by atoms with E-state index in [2.05, 4.69) is 15.4 Å². The van der Waals surface area contributed by atoms with E-state index in [4.69, 9.17) is 0 Å². The number of alkyl halides is 2. The molecule has 0 aliphatic heterocycles. The number of fused-ring (bicyclic) bond motifs is 1. The highest BCUT2D eigenvalue weighted by atomic mass is 19.3. The van der Waals surface area contributed by atoms with Crippen molar-refractivity contribution in [3.8, 4) is 11.4 Å². The average Bonchev–Trinajstić information content (AvgIpc) is 3.63. The maximum Gasteiger partial charge on any atom is 0.294 e. The molecule has 0 spiro atoms. The van der Waals surface area contributed by atoms with Crippen LogP contribution in [0.5, 0.6) is 0 Å². The van der Waals surface area contributed by atoms with Gasteiger partial charge in [0.05, 0.1) is 5.56 Å². The van der Waals surface area contributed by atoms with E-state index in [0.29, 0.717) is 17.0 Å². The van der Waals surface area contributed by atoms with Crippen LogP contribution >= 0.6 is 0 Å².